The lowest BCUT2D eigenvalue weighted by atomic mass is 10.1. The Bertz CT molecular complexity index is 665. The topological polar surface area (TPSA) is 38.3 Å². The summed E-state index contributed by atoms with van der Waals surface area (Å²) in [5.74, 6) is -0.0537. The fraction of sp³-hybridized carbons (Fsp3) is 0.235. The zero-order valence-electron chi connectivity index (χ0n) is 12.5. The second kappa shape index (κ2) is 7.27. The fourth-order valence-corrected chi connectivity index (χ4v) is 2.16. The van der Waals surface area contributed by atoms with Crippen molar-refractivity contribution in [3.63, 3.8) is 0 Å². The summed E-state index contributed by atoms with van der Waals surface area (Å²) in [6, 6.07) is 9.26. The van der Waals surface area contributed by atoms with Crippen LogP contribution >= 0.6 is 11.6 Å². The molecule has 0 radical (unpaired) electrons. The van der Waals surface area contributed by atoms with Gasteiger partial charge < -0.3 is 10.1 Å². The van der Waals surface area contributed by atoms with Crippen LogP contribution in [0.3, 0.4) is 0 Å². The molecule has 1 N–H and O–H groups in total. The van der Waals surface area contributed by atoms with Gasteiger partial charge in [-0.2, -0.15) is 0 Å². The second-order valence-electron chi connectivity index (χ2n) is 4.99. The number of amides is 1. The molecule has 116 valence electrons. The Balaban J connectivity index is 1.83. The summed E-state index contributed by atoms with van der Waals surface area (Å²) in [7, 11) is 0. The second-order valence-corrected chi connectivity index (χ2v) is 5.36. The molecular weight excluding hydrogens is 305 g/mol. The Labute approximate surface area is 134 Å². The molecule has 0 atom stereocenters. The normalized spacial score (nSPS) is 10.4. The minimum atomic E-state index is -0.434. The van der Waals surface area contributed by atoms with Crippen molar-refractivity contribution >= 4 is 17.5 Å². The van der Waals surface area contributed by atoms with Crippen LogP contribution < -0.4 is 10.1 Å². The molecule has 0 aliphatic heterocycles. The first-order chi connectivity index (χ1) is 10.5. The summed E-state index contributed by atoms with van der Waals surface area (Å²) in [4.78, 5) is 11.8. The van der Waals surface area contributed by atoms with Gasteiger partial charge >= 0.3 is 0 Å². The highest BCUT2D eigenvalue weighted by molar-refractivity contribution is 6.32. The van der Waals surface area contributed by atoms with E-state index in [4.69, 9.17) is 16.3 Å². The van der Waals surface area contributed by atoms with Crippen molar-refractivity contribution < 1.29 is 13.9 Å². The van der Waals surface area contributed by atoms with Gasteiger partial charge in [0, 0.05) is 10.6 Å². The molecule has 3 nitrogen and oxygen atoms in total. The zero-order chi connectivity index (χ0) is 16.1. The SMILES string of the molecule is Cc1cc(OCCNC(=O)c2cccc(F)c2)cc(C)c1Cl. The van der Waals surface area contributed by atoms with Crippen molar-refractivity contribution in [1.29, 1.82) is 0 Å². The third-order valence-electron chi connectivity index (χ3n) is 3.15. The average molecular weight is 322 g/mol. The number of nitrogens with one attached hydrogen (secondary N) is 1. The number of hydrogen-bond donors (Lipinski definition) is 1. The van der Waals surface area contributed by atoms with Crippen molar-refractivity contribution in [2.45, 2.75) is 13.8 Å². The van der Waals surface area contributed by atoms with Gasteiger partial charge in [0.2, 0.25) is 0 Å². The van der Waals surface area contributed by atoms with Gasteiger partial charge in [-0.05, 0) is 55.3 Å². The van der Waals surface area contributed by atoms with Gasteiger partial charge in [-0.1, -0.05) is 17.7 Å². The van der Waals surface area contributed by atoms with Crippen LogP contribution in [0.4, 0.5) is 4.39 Å². The maximum Gasteiger partial charge on any atom is 0.251 e. The highest BCUT2D eigenvalue weighted by Crippen LogP contribution is 2.25. The Kier molecular flexibility index (Phi) is 5.39. The summed E-state index contributed by atoms with van der Waals surface area (Å²) < 4.78 is 18.6. The van der Waals surface area contributed by atoms with E-state index in [-0.39, 0.29) is 11.5 Å². The van der Waals surface area contributed by atoms with Gasteiger partial charge in [0.25, 0.3) is 5.91 Å². The third-order valence-corrected chi connectivity index (χ3v) is 3.75. The first-order valence-corrected chi connectivity index (χ1v) is 7.28. The summed E-state index contributed by atoms with van der Waals surface area (Å²) in [6.07, 6.45) is 0. The van der Waals surface area contributed by atoms with Crippen molar-refractivity contribution in [3.05, 3.63) is 63.9 Å². The standard InChI is InChI=1S/C17H17ClFNO2/c1-11-8-15(9-12(2)16(11)18)22-7-6-20-17(21)13-4-3-5-14(19)10-13/h3-5,8-10H,6-7H2,1-2H3,(H,20,21). The molecule has 0 unspecified atom stereocenters. The predicted octanol–water partition coefficient (Wildman–Crippen LogP) is 3.90. The largest absolute Gasteiger partial charge is 0.492 e. The van der Waals surface area contributed by atoms with E-state index in [9.17, 15) is 9.18 Å². The molecule has 0 aliphatic rings. The van der Waals surface area contributed by atoms with Crippen molar-refractivity contribution in [3.8, 4) is 5.75 Å². The molecule has 0 bridgehead atoms. The molecule has 0 spiro atoms. The molecule has 2 aromatic carbocycles. The summed E-state index contributed by atoms with van der Waals surface area (Å²) in [5, 5.41) is 3.41. The number of benzene rings is 2. The number of rotatable bonds is 5. The third kappa shape index (κ3) is 4.21. The summed E-state index contributed by atoms with van der Waals surface area (Å²) in [5.41, 5.74) is 2.18. The predicted molar refractivity (Wildman–Crippen MR) is 85.2 cm³/mol. The number of carbonyl (C=O) groups is 1. The van der Waals surface area contributed by atoms with Gasteiger partial charge in [-0.3, -0.25) is 4.79 Å². The zero-order valence-corrected chi connectivity index (χ0v) is 13.2. The maximum atomic E-state index is 13.0. The van der Waals surface area contributed by atoms with Crippen LogP contribution in [0.5, 0.6) is 5.75 Å². The molecule has 1 amide bonds. The highest BCUT2D eigenvalue weighted by Gasteiger charge is 2.06. The Morgan fingerprint density at radius 2 is 1.91 bits per heavy atom. The fourth-order valence-electron chi connectivity index (χ4n) is 2.05. The van der Waals surface area contributed by atoms with E-state index in [0.29, 0.717) is 18.9 Å². The van der Waals surface area contributed by atoms with E-state index in [1.165, 1.54) is 18.2 Å². The number of halogens is 2. The van der Waals surface area contributed by atoms with Crippen LogP contribution in [0.2, 0.25) is 5.02 Å². The van der Waals surface area contributed by atoms with E-state index in [1.54, 1.807) is 6.07 Å². The Hall–Kier alpha value is -2.07. The van der Waals surface area contributed by atoms with E-state index in [2.05, 4.69) is 5.32 Å². The molecule has 0 aliphatic carbocycles. The quantitative estimate of drug-likeness (QED) is 0.848. The number of carbonyl (C=O) groups excluding carboxylic acids is 1. The Morgan fingerprint density at radius 3 is 2.55 bits per heavy atom. The molecular formula is C17H17ClFNO2. The number of hydrogen-bond acceptors (Lipinski definition) is 2. The van der Waals surface area contributed by atoms with E-state index in [1.807, 2.05) is 26.0 Å². The maximum absolute atomic E-state index is 13.0. The van der Waals surface area contributed by atoms with Crippen molar-refractivity contribution in [2.75, 3.05) is 13.2 Å². The minimum Gasteiger partial charge on any atom is -0.492 e. The molecule has 0 saturated heterocycles. The minimum absolute atomic E-state index is 0.290. The van der Waals surface area contributed by atoms with Gasteiger partial charge in [0.1, 0.15) is 18.2 Å². The summed E-state index contributed by atoms with van der Waals surface area (Å²) >= 11 is 6.09. The van der Waals surface area contributed by atoms with Gasteiger partial charge in [-0.25, -0.2) is 4.39 Å². The average Bonchev–Trinajstić information content (AvgIpc) is 2.49. The van der Waals surface area contributed by atoms with Crippen molar-refractivity contribution in [2.24, 2.45) is 0 Å². The molecule has 0 heterocycles. The number of aryl methyl sites for hydroxylation is 2. The molecule has 0 fully saturated rings. The van der Waals surface area contributed by atoms with E-state index in [0.717, 1.165) is 16.1 Å². The van der Waals surface area contributed by atoms with Crippen LogP contribution in [0, 0.1) is 19.7 Å². The van der Waals surface area contributed by atoms with E-state index < -0.39 is 5.82 Å². The molecule has 22 heavy (non-hydrogen) atoms. The molecule has 0 aromatic heterocycles. The van der Waals surface area contributed by atoms with Crippen LogP contribution in [-0.4, -0.2) is 19.1 Å². The number of ether oxygens (including phenoxy) is 1. The van der Waals surface area contributed by atoms with Gasteiger partial charge in [-0.15, -0.1) is 0 Å². The van der Waals surface area contributed by atoms with Gasteiger partial charge in [0.05, 0.1) is 6.54 Å². The Morgan fingerprint density at radius 1 is 1.23 bits per heavy atom. The van der Waals surface area contributed by atoms with Crippen LogP contribution in [0.1, 0.15) is 21.5 Å². The molecule has 0 saturated carbocycles. The molecule has 5 heteroatoms. The van der Waals surface area contributed by atoms with Crippen LogP contribution in [0.25, 0.3) is 0 Å². The smallest absolute Gasteiger partial charge is 0.251 e. The lowest BCUT2D eigenvalue weighted by Crippen LogP contribution is -2.28. The van der Waals surface area contributed by atoms with Crippen molar-refractivity contribution in [1.82, 2.24) is 5.32 Å². The monoisotopic (exact) mass is 321 g/mol. The lowest BCUT2D eigenvalue weighted by Gasteiger charge is -2.10. The first kappa shape index (κ1) is 16.3. The highest BCUT2D eigenvalue weighted by atomic mass is 35.5. The lowest BCUT2D eigenvalue weighted by molar-refractivity contribution is 0.0946. The van der Waals surface area contributed by atoms with Gasteiger partial charge in [0.15, 0.2) is 0 Å². The van der Waals surface area contributed by atoms with E-state index >= 15 is 0 Å². The summed E-state index contributed by atoms with van der Waals surface area (Å²) in [6.45, 7) is 4.47. The van der Waals surface area contributed by atoms with Crippen LogP contribution in [-0.2, 0) is 0 Å². The molecule has 2 rings (SSSR count). The van der Waals surface area contributed by atoms with Crippen LogP contribution in [0.15, 0.2) is 36.4 Å². The first-order valence-electron chi connectivity index (χ1n) is 6.90. The molecule has 2 aromatic rings.